The predicted octanol–water partition coefficient (Wildman–Crippen LogP) is 1.14. The van der Waals surface area contributed by atoms with Gasteiger partial charge in [-0.25, -0.2) is 13.1 Å². The Morgan fingerprint density at radius 3 is 2.46 bits per heavy atom. The standard InChI is InChI=1S/C17H23N3O3S/c18-9-13-5-7-14(8-6-13)17(21)12-20-10-16(11-20)24(22,23)19-15-3-1-2-4-15/h5-8,15-17,19,21H,1-4,10-12H2. The van der Waals surface area contributed by atoms with Crippen LogP contribution in [-0.2, 0) is 10.0 Å². The molecule has 1 aromatic rings. The Bertz CT molecular complexity index is 700. The number of β-amino-alcohol motifs (C(OH)–C–C–N with tert-alkyl or cyclic N) is 1. The van der Waals surface area contributed by atoms with E-state index in [-0.39, 0.29) is 11.3 Å². The molecule has 0 amide bonds. The summed E-state index contributed by atoms with van der Waals surface area (Å²) in [7, 11) is -3.26. The average Bonchev–Trinajstić information content (AvgIpc) is 3.02. The molecule has 1 aliphatic carbocycles. The molecule has 2 N–H and O–H groups in total. The zero-order valence-corrected chi connectivity index (χ0v) is 14.4. The van der Waals surface area contributed by atoms with Gasteiger partial charge in [0.1, 0.15) is 5.25 Å². The van der Waals surface area contributed by atoms with Gasteiger partial charge in [-0.05, 0) is 30.5 Å². The Balaban J connectivity index is 1.48. The van der Waals surface area contributed by atoms with E-state index >= 15 is 0 Å². The highest BCUT2D eigenvalue weighted by molar-refractivity contribution is 7.90. The molecule has 130 valence electrons. The molecule has 2 aliphatic rings. The first-order valence-electron chi connectivity index (χ1n) is 8.39. The van der Waals surface area contributed by atoms with Crippen molar-refractivity contribution in [1.82, 2.24) is 9.62 Å². The van der Waals surface area contributed by atoms with E-state index in [0.717, 1.165) is 31.2 Å². The number of nitrogens with one attached hydrogen (secondary N) is 1. The lowest BCUT2D eigenvalue weighted by atomic mass is 10.1. The van der Waals surface area contributed by atoms with Crippen molar-refractivity contribution < 1.29 is 13.5 Å². The van der Waals surface area contributed by atoms with E-state index in [1.54, 1.807) is 24.3 Å². The summed E-state index contributed by atoms with van der Waals surface area (Å²) in [6, 6.07) is 8.97. The average molecular weight is 349 g/mol. The molecule has 1 atom stereocenters. The molecule has 1 saturated heterocycles. The number of nitriles is 1. The fraction of sp³-hybridized carbons (Fsp3) is 0.588. The molecule has 1 aromatic carbocycles. The molecule has 3 rings (SSSR count). The second-order valence-corrected chi connectivity index (χ2v) is 8.73. The topological polar surface area (TPSA) is 93.4 Å². The summed E-state index contributed by atoms with van der Waals surface area (Å²) in [5.74, 6) is 0. The van der Waals surface area contributed by atoms with Gasteiger partial charge in [0.2, 0.25) is 10.0 Å². The summed E-state index contributed by atoms with van der Waals surface area (Å²) in [6.45, 7) is 1.31. The number of hydrogen-bond donors (Lipinski definition) is 2. The SMILES string of the molecule is N#Cc1ccc(C(O)CN2CC(S(=O)(=O)NC3CCCC3)C2)cc1. The summed E-state index contributed by atoms with van der Waals surface area (Å²) < 4.78 is 27.4. The van der Waals surface area contributed by atoms with Crippen molar-refractivity contribution in [3.8, 4) is 6.07 Å². The molecule has 0 aromatic heterocycles. The van der Waals surface area contributed by atoms with Gasteiger partial charge < -0.3 is 5.11 Å². The van der Waals surface area contributed by atoms with Crippen LogP contribution in [0.25, 0.3) is 0 Å². The highest BCUT2D eigenvalue weighted by Gasteiger charge is 2.39. The van der Waals surface area contributed by atoms with Crippen molar-refractivity contribution >= 4 is 10.0 Å². The van der Waals surface area contributed by atoms with Crippen LogP contribution in [0.5, 0.6) is 0 Å². The second kappa shape index (κ2) is 7.19. The first kappa shape index (κ1) is 17.4. The van der Waals surface area contributed by atoms with E-state index in [1.165, 1.54) is 0 Å². The van der Waals surface area contributed by atoms with Gasteiger partial charge in [0.25, 0.3) is 0 Å². The smallest absolute Gasteiger partial charge is 0.217 e. The van der Waals surface area contributed by atoms with Crippen molar-refractivity contribution in [2.24, 2.45) is 0 Å². The molecule has 0 spiro atoms. The van der Waals surface area contributed by atoms with Crippen LogP contribution in [-0.4, -0.2) is 49.4 Å². The Morgan fingerprint density at radius 2 is 1.88 bits per heavy atom. The van der Waals surface area contributed by atoms with Crippen LogP contribution in [0.1, 0.15) is 42.9 Å². The lowest BCUT2D eigenvalue weighted by Crippen LogP contribution is -2.59. The normalized spacial score (nSPS) is 21.3. The van der Waals surface area contributed by atoms with Crippen LogP contribution < -0.4 is 4.72 Å². The monoisotopic (exact) mass is 349 g/mol. The first-order valence-corrected chi connectivity index (χ1v) is 9.94. The molecular formula is C17H23N3O3S. The fourth-order valence-corrected chi connectivity index (χ4v) is 5.08. The van der Waals surface area contributed by atoms with E-state index in [4.69, 9.17) is 5.26 Å². The molecule has 0 bridgehead atoms. The number of hydrogen-bond acceptors (Lipinski definition) is 5. The molecule has 1 heterocycles. The van der Waals surface area contributed by atoms with Crippen LogP contribution in [0.3, 0.4) is 0 Å². The molecule has 7 heteroatoms. The third kappa shape index (κ3) is 3.95. The largest absolute Gasteiger partial charge is 0.387 e. The van der Waals surface area contributed by atoms with Gasteiger partial charge in [-0.3, -0.25) is 4.90 Å². The number of aliphatic hydroxyl groups excluding tert-OH is 1. The Morgan fingerprint density at radius 1 is 1.25 bits per heavy atom. The van der Waals surface area contributed by atoms with E-state index in [9.17, 15) is 13.5 Å². The van der Waals surface area contributed by atoms with Crippen molar-refractivity contribution in [2.45, 2.75) is 43.1 Å². The minimum Gasteiger partial charge on any atom is -0.387 e. The summed E-state index contributed by atoms with van der Waals surface area (Å²) in [6.07, 6.45) is 3.39. The molecule has 0 radical (unpaired) electrons. The van der Waals surface area contributed by atoms with Crippen LogP contribution in [0.15, 0.2) is 24.3 Å². The lowest BCUT2D eigenvalue weighted by Gasteiger charge is -2.40. The molecule has 6 nitrogen and oxygen atoms in total. The zero-order chi connectivity index (χ0) is 17.2. The van der Waals surface area contributed by atoms with Crippen LogP contribution >= 0.6 is 0 Å². The van der Waals surface area contributed by atoms with Gasteiger partial charge in [0.15, 0.2) is 0 Å². The molecule has 24 heavy (non-hydrogen) atoms. The maximum absolute atomic E-state index is 12.3. The molecular weight excluding hydrogens is 326 g/mol. The molecule has 2 fully saturated rings. The molecule has 1 saturated carbocycles. The van der Waals surface area contributed by atoms with Gasteiger partial charge in [0, 0.05) is 25.7 Å². The first-order chi connectivity index (χ1) is 11.5. The number of benzene rings is 1. The fourth-order valence-electron chi connectivity index (χ4n) is 3.37. The predicted molar refractivity (Wildman–Crippen MR) is 90.7 cm³/mol. The second-order valence-electron chi connectivity index (χ2n) is 6.73. The van der Waals surface area contributed by atoms with Gasteiger partial charge in [0.05, 0.1) is 17.7 Å². The Labute approximate surface area is 143 Å². The minimum absolute atomic E-state index is 0.105. The Hall–Kier alpha value is -1.46. The summed E-state index contributed by atoms with van der Waals surface area (Å²) in [4.78, 5) is 1.95. The van der Waals surface area contributed by atoms with Gasteiger partial charge >= 0.3 is 0 Å². The van der Waals surface area contributed by atoms with Crippen molar-refractivity contribution in [2.75, 3.05) is 19.6 Å². The number of nitrogens with zero attached hydrogens (tertiary/aromatic N) is 2. The van der Waals surface area contributed by atoms with E-state index in [2.05, 4.69) is 4.72 Å². The van der Waals surface area contributed by atoms with Crippen molar-refractivity contribution in [3.05, 3.63) is 35.4 Å². The summed E-state index contributed by atoms with van der Waals surface area (Å²) >= 11 is 0. The third-order valence-electron chi connectivity index (χ3n) is 4.90. The van der Waals surface area contributed by atoms with Crippen molar-refractivity contribution in [3.63, 3.8) is 0 Å². The highest BCUT2D eigenvalue weighted by Crippen LogP contribution is 2.24. The van der Waals surface area contributed by atoms with E-state index in [0.29, 0.717) is 25.2 Å². The molecule has 1 unspecified atom stereocenters. The highest BCUT2D eigenvalue weighted by atomic mass is 32.2. The minimum atomic E-state index is -3.26. The van der Waals surface area contributed by atoms with E-state index < -0.39 is 16.1 Å². The van der Waals surface area contributed by atoms with Crippen LogP contribution in [0.2, 0.25) is 0 Å². The summed E-state index contributed by atoms with van der Waals surface area (Å²) in [5.41, 5.74) is 1.29. The van der Waals surface area contributed by atoms with Crippen LogP contribution in [0, 0.1) is 11.3 Å². The number of rotatable bonds is 6. The van der Waals surface area contributed by atoms with E-state index in [1.807, 2.05) is 11.0 Å². The third-order valence-corrected chi connectivity index (χ3v) is 6.74. The Kier molecular flexibility index (Phi) is 5.21. The number of sulfonamides is 1. The zero-order valence-electron chi connectivity index (χ0n) is 13.6. The van der Waals surface area contributed by atoms with Gasteiger partial charge in [-0.1, -0.05) is 25.0 Å². The number of likely N-dealkylation sites (tertiary alicyclic amines) is 1. The van der Waals surface area contributed by atoms with Gasteiger partial charge in [-0.15, -0.1) is 0 Å². The lowest BCUT2D eigenvalue weighted by molar-refractivity contribution is 0.0804. The maximum Gasteiger partial charge on any atom is 0.217 e. The number of aliphatic hydroxyl groups is 1. The molecule has 1 aliphatic heterocycles. The maximum atomic E-state index is 12.3. The quantitative estimate of drug-likeness (QED) is 0.803. The summed E-state index contributed by atoms with van der Waals surface area (Å²) in [5, 5.41) is 18.6. The van der Waals surface area contributed by atoms with Crippen molar-refractivity contribution in [1.29, 1.82) is 5.26 Å². The van der Waals surface area contributed by atoms with Gasteiger partial charge in [-0.2, -0.15) is 5.26 Å². The van der Waals surface area contributed by atoms with Crippen LogP contribution in [0.4, 0.5) is 0 Å².